The topological polar surface area (TPSA) is 29.1 Å². The molecule has 0 bridgehead atoms. The molecule has 0 aliphatic heterocycles. The average Bonchev–Trinajstić information content (AvgIpc) is 2.71. The van der Waals surface area contributed by atoms with Crippen molar-refractivity contribution in [3.05, 3.63) is 24.3 Å². The van der Waals surface area contributed by atoms with Gasteiger partial charge >= 0.3 is 0 Å². The summed E-state index contributed by atoms with van der Waals surface area (Å²) in [6.45, 7) is 0. The lowest BCUT2D eigenvalue weighted by molar-refractivity contribution is 0.686. The Morgan fingerprint density at radius 1 is 1.33 bits per heavy atom. The first-order chi connectivity index (χ1) is 7.25. The van der Waals surface area contributed by atoms with Crippen molar-refractivity contribution in [2.75, 3.05) is 11.6 Å². The molecule has 1 aromatic carbocycles. The van der Waals surface area contributed by atoms with E-state index in [9.17, 15) is 4.21 Å². The van der Waals surface area contributed by atoms with Crippen molar-refractivity contribution in [3.8, 4) is 0 Å². The predicted molar refractivity (Wildman–Crippen MR) is 64.7 cm³/mol. The second-order valence-corrected chi connectivity index (χ2v) is 5.49. The maximum absolute atomic E-state index is 11.3. The molecule has 0 aromatic heterocycles. The standard InChI is InChI=1S/C12H17NOS/c1-15(14)12-8-4-7-11(9-12)13-10-5-2-3-6-10/h4,7-10,13H,2-3,5-6H2,1H3. The van der Waals surface area contributed by atoms with Crippen molar-refractivity contribution < 1.29 is 4.21 Å². The number of hydrogen-bond donors (Lipinski definition) is 1. The minimum atomic E-state index is -0.882. The van der Waals surface area contributed by atoms with Crippen LogP contribution in [-0.2, 0) is 10.8 Å². The molecular weight excluding hydrogens is 206 g/mol. The summed E-state index contributed by atoms with van der Waals surface area (Å²) in [4.78, 5) is 0.901. The van der Waals surface area contributed by atoms with Gasteiger partial charge < -0.3 is 5.32 Å². The van der Waals surface area contributed by atoms with Gasteiger partial charge in [-0.25, -0.2) is 0 Å². The van der Waals surface area contributed by atoms with Crippen molar-refractivity contribution in [1.29, 1.82) is 0 Å². The molecule has 1 N–H and O–H groups in total. The Kier molecular flexibility index (Phi) is 3.41. The average molecular weight is 223 g/mol. The maximum Gasteiger partial charge on any atom is 0.0498 e. The fourth-order valence-corrected chi connectivity index (χ4v) is 2.63. The molecule has 1 atom stereocenters. The molecule has 1 saturated carbocycles. The van der Waals surface area contributed by atoms with Crippen LogP contribution in [0.15, 0.2) is 29.2 Å². The summed E-state index contributed by atoms with van der Waals surface area (Å²) < 4.78 is 11.3. The quantitative estimate of drug-likeness (QED) is 0.853. The van der Waals surface area contributed by atoms with Crippen LogP contribution in [0.25, 0.3) is 0 Å². The number of nitrogens with one attached hydrogen (secondary N) is 1. The van der Waals surface area contributed by atoms with Crippen molar-refractivity contribution in [3.63, 3.8) is 0 Å². The SMILES string of the molecule is CS(=O)c1cccc(NC2CCCC2)c1. The molecule has 0 radical (unpaired) electrons. The van der Waals surface area contributed by atoms with Crippen LogP contribution in [0, 0.1) is 0 Å². The van der Waals surface area contributed by atoms with Crippen LogP contribution in [-0.4, -0.2) is 16.5 Å². The zero-order valence-electron chi connectivity index (χ0n) is 9.03. The number of hydrogen-bond acceptors (Lipinski definition) is 2. The third kappa shape index (κ3) is 2.81. The lowest BCUT2D eigenvalue weighted by Gasteiger charge is -2.13. The Balaban J connectivity index is 2.07. The smallest absolute Gasteiger partial charge is 0.0498 e. The molecule has 15 heavy (non-hydrogen) atoms. The third-order valence-corrected chi connectivity index (χ3v) is 3.81. The van der Waals surface area contributed by atoms with Gasteiger partial charge in [-0.05, 0) is 31.0 Å². The Labute approximate surface area is 93.5 Å². The lowest BCUT2D eigenvalue weighted by atomic mass is 10.2. The first-order valence-corrected chi connectivity index (χ1v) is 7.01. The molecule has 1 aromatic rings. The zero-order chi connectivity index (χ0) is 10.7. The molecule has 3 heteroatoms. The lowest BCUT2D eigenvalue weighted by Crippen LogP contribution is -2.14. The van der Waals surface area contributed by atoms with E-state index in [1.54, 1.807) is 6.26 Å². The molecule has 0 heterocycles. The Morgan fingerprint density at radius 2 is 2.07 bits per heavy atom. The van der Waals surface area contributed by atoms with Crippen LogP contribution >= 0.6 is 0 Å². The highest BCUT2D eigenvalue weighted by molar-refractivity contribution is 7.84. The van der Waals surface area contributed by atoms with Gasteiger partial charge in [0.25, 0.3) is 0 Å². The summed E-state index contributed by atoms with van der Waals surface area (Å²) >= 11 is 0. The van der Waals surface area contributed by atoms with E-state index in [0.29, 0.717) is 6.04 Å². The van der Waals surface area contributed by atoms with Gasteiger partial charge in [0.1, 0.15) is 0 Å². The van der Waals surface area contributed by atoms with Crippen molar-refractivity contribution in [2.24, 2.45) is 0 Å². The van der Waals surface area contributed by atoms with Gasteiger partial charge in [-0.15, -0.1) is 0 Å². The highest BCUT2D eigenvalue weighted by Gasteiger charge is 2.14. The van der Waals surface area contributed by atoms with Gasteiger partial charge in [-0.3, -0.25) is 4.21 Å². The molecule has 1 aliphatic rings. The minimum Gasteiger partial charge on any atom is -0.382 e. The van der Waals surface area contributed by atoms with Gasteiger partial charge in [0.05, 0.1) is 0 Å². The van der Waals surface area contributed by atoms with Crippen LogP contribution < -0.4 is 5.32 Å². The molecule has 0 amide bonds. The number of benzene rings is 1. The summed E-state index contributed by atoms with van der Waals surface area (Å²) in [6.07, 6.45) is 6.90. The highest BCUT2D eigenvalue weighted by atomic mass is 32.2. The molecular formula is C12H17NOS. The third-order valence-electron chi connectivity index (χ3n) is 2.89. The minimum absolute atomic E-state index is 0.616. The van der Waals surface area contributed by atoms with E-state index in [1.165, 1.54) is 25.7 Å². The molecule has 0 spiro atoms. The second kappa shape index (κ2) is 4.79. The van der Waals surface area contributed by atoms with E-state index in [0.717, 1.165) is 10.6 Å². The van der Waals surface area contributed by atoms with Gasteiger partial charge in [0.2, 0.25) is 0 Å². The Bertz CT molecular complexity index is 358. The summed E-state index contributed by atoms with van der Waals surface area (Å²) in [5.74, 6) is 0. The fraction of sp³-hybridized carbons (Fsp3) is 0.500. The zero-order valence-corrected chi connectivity index (χ0v) is 9.85. The van der Waals surface area contributed by atoms with Gasteiger partial charge in [0.15, 0.2) is 0 Å². The summed E-state index contributed by atoms with van der Waals surface area (Å²) in [6, 6.07) is 8.54. The van der Waals surface area contributed by atoms with E-state index in [-0.39, 0.29) is 0 Å². The summed E-state index contributed by atoms with van der Waals surface area (Å²) in [5.41, 5.74) is 1.11. The van der Waals surface area contributed by atoms with Crippen LogP contribution in [0.3, 0.4) is 0 Å². The summed E-state index contributed by atoms with van der Waals surface area (Å²) in [5, 5.41) is 3.50. The van der Waals surface area contributed by atoms with E-state index in [1.807, 2.05) is 18.2 Å². The van der Waals surface area contributed by atoms with Crippen molar-refractivity contribution >= 4 is 16.5 Å². The normalized spacial score (nSPS) is 19.0. The fourth-order valence-electron chi connectivity index (χ4n) is 2.07. The van der Waals surface area contributed by atoms with Crippen LogP contribution in [0.4, 0.5) is 5.69 Å². The van der Waals surface area contributed by atoms with E-state index in [4.69, 9.17) is 0 Å². The molecule has 2 nitrogen and oxygen atoms in total. The van der Waals surface area contributed by atoms with Gasteiger partial charge in [-0.2, -0.15) is 0 Å². The van der Waals surface area contributed by atoms with E-state index >= 15 is 0 Å². The van der Waals surface area contributed by atoms with Gasteiger partial charge in [0, 0.05) is 33.7 Å². The Morgan fingerprint density at radius 3 is 2.73 bits per heavy atom. The molecule has 1 aliphatic carbocycles. The number of anilines is 1. The number of rotatable bonds is 3. The molecule has 1 fully saturated rings. The largest absolute Gasteiger partial charge is 0.382 e. The van der Waals surface area contributed by atoms with Crippen LogP contribution in [0.5, 0.6) is 0 Å². The monoisotopic (exact) mass is 223 g/mol. The first-order valence-electron chi connectivity index (χ1n) is 5.46. The predicted octanol–water partition coefficient (Wildman–Crippen LogP) is 2.78. The second-order valence-electron chi connectivity index (χ2n) is 4.11. The Hall–Kier alpha value is -0.830. The molecule has 2 rings (SSSR count). The van der Waals surface area contributed by atoms with Gasteiger partial charge in [-0.1, -0.05) is 18.9 Å². The van der Waals surface area contributed by atoms with E-state index < -0.39 is 10.8 Å². The molecule has 0 saturated heterocycles. The summed E-state index contributed by atoms with van der Waals surface area (Å²) in [7, 11) is -0.882. The highest BCUT2D eigenvalue weighted by Crippen LogP contribution is 2.23. The van der Waals surface area contributed by atoms with Crippen LogP contribution in [0.1, 0.15) is 25.7 Å². The molecule has 1 unspecified atom stereocenters. The van der Waals surface area contributed by atoms with Crippen LogP contribution in [0.2, 0.25) is 0 Å². The van der Waals surface area contributed by atoms with Crippen molar-refractivity contribution in [1.82, 2.24) is 0 Å². The van der Waals surface area contributed by atoms with Crippen molar-refractivity contribution in [2.45, 2.75) is 36.6 Å². The van der Waals surface area contributed by atoms with E-state index in [2.05, 4.69) is 11.4 Å². The maximum atomic E-state index is 11.3. The molecule has 82 valence electrons. The first kappa shape index (κ1) is 10.7.